The van der Waals surface area contributed by atoms with Gasteiger partial charge < -0.3 is 29.7 Å². The van der Waals surface area contributed by atoms with Crippen LogP contribution in [0.25, 0.3) is 0 Å². The molecule has 1 atom stereocenters. The largest absolute Gasteiger partial charge is 0.492 e. The van der Waals surface area contributed by atoms with E-state index in [9.17, 15) is 4.79 Å². The highest BCUT2D eigenvalue weighted by Crippen LogP contribution is 2.38. The molecule has 2 aliphatic heterocycles. The third-order valence-corrected chi connectivity index (χ3v) is 6.05. The van der Waals surface area contributed by atoms with Crippen molar-refractivity contribution in [2.24, 2.45) is 5.92 Å². The van der Waals surface area contributed by atoms with Crippen molar-refractivity contribution in [2.75, 3.05) is 56.2 Å². The summed E-state index contributed by atoms with van der Waals surface area (Å²) in [6, 6.07) is 18.5. The van der Waals surface area contributed by atoms with Crippen LogP contribution in [0.2, 0.25) is 0 Å². The highest BCUT2D eigenvalue weighted by molar-refractivity contribution is 5.76. The lowest BCUT2D eigenvalue weighted by atomic mass is 9.93. The monoisotopic (exact) mass is 425 g/mol. The minimum atomic E-state index is -0.915. The molecule has 0 bridgehead atoms. The molecule has 0 spiro atoms. The first-order valence-electron chi connectivity index (χ1n) is 11.0. The summed E-state index contributed by atoms with van der Waals surface area (Å²) in [5.74, 6) is 0.528. The van der Waals surface area contributed by atoms with E-state index in [1.54, 1.807) is 0 Å². The molecule has 7 heteroatoms. The van der Waals surface area contributed by atoms with Gasteiger partial charge in [0.05, 0.1) is 24.5 Å². The molecule has 1 fully saturated rings. The van der Waals surface area contributed by atoms with Crippen molar-refractivity contribution in [3.05, 3.63) is 54.6 Å². The zero-order valence-corrected chi connectivity index (χ0v) is 17.8. The van der Waals surface area contributed by atoms with Crippen LogP contribution < -0.4 is 15.0 Å². The number of carboxylic acids is 1. The number of hydrogen-bond donors (Lipinski definition) is 2. The van der Waals surface area contributed by atoms with E-state index in [1.165, 1.54) is 11.4 Å². The standard InChI is InChI=1S/C24H31N3O4/c28-23(29)18-30-16-14-26-12-10-19(11-13-26)24-25-21-8-4-5-9-22(21)27(24)15-17-31-20-6-2-1-3-7-20/h1-9,19,24-25H,10-18H2,(H,28,29). The maximum atomic E-state index is 10.6. The molecule has 2 aromatic rings. The van der Waals surface area contributed by atoms with E-state index in [0.717, 1.165) is 44.8 Å². The summed E-state index contributed by atoms with van der Waals surface area (Å²) in [7, 11) is 0. The van der Waals surface area contributed by atoms with Crippen molar-refractivity contribution < 1.29 is 19.4 Å². The average molecular weight is 426 g/mol. The molecule has 0 aromatic heterocycles. The number of anilines is 2. The van der Waals surface area contributed by atoms with E-state index in [-0.39, 0.29) is 12.8 Å². The molecule has 2 aromatic carbocycles. The van der Waals surface area contributed by atoms with E-state index >= 15 is 0 Å². The Morgan fingerprint density at radius 3 is 2.52 bits per heavy atom. The number of carboxylic acid groups (broad SMARTS) is 1. The molecule has 2 heterocycles. The lowest BCUT2D eigenvalue weighted by Crippen LogP contribution is -2.48. The number of para-hydroxylation sites is 3. The molecule has 4 rings (SSSR count). The molecule has 1 saturated heterocycles. The molecule has 0 saturated carbocycles. The number of carbonyl (C=O) groups is 1. The Labute approximate surface area is 183 Å². The Morgan fingerprint density at radius 2 is 1.74 bits per heavy atom. The van der Waals surface area contributed by atoms with Crippen molar-refractivity contribution in [3.8, 4) is 5.75 Å². The van der Waals surface area contributed by atoms with E-state index in [0.29, 0.717) is 19.1 Å². The Balaban J connectivity index is 1.31. The van der Waals surface area contributed by atoms with Gasteiger partial charge in [-0.15, -0.1) is 0 Å². The smallest absolute Gasteiger partial charge is 0.329 e. The minimum absolute atomic E-state index is 0.221. The number of likely N-dealkylation sites (tertiary alicyclic amines) is 1. The van der Waals surface area contributed by atoms with Crippen molar-refractivity contribution in [3.63, 3.8) is 0 Å². The predicted octanol–water partition coefficient (Wildman–Crippen LogP) is 3.14. The van der Waals surface area contributed by atoms with Gasteiger partial charge in [0.1, 0.15) is 25.1 Å². The first-order valence-corrected chi connectivity index (χ1v) is 11.0. The van der Waals surface area contributed by atoms with Crippen molar-refractivity contribution >= 4 is 17.3 Å². The van der Waals surface area contributed by atoms with Gasteiger partial charge in [-0.1, -0.05) is 30.3 Å². The summed E-state index contributed by atoms with van der Waals surface area (Å²) in [6.07, 6.45) is 2.46. The van der Waals surface area contributed by atoms with Crippen LogP contribution in [0, 0.1) is 5.92 Å². The van der Waals surface area contributed by atoms with Crippen molar-refractivity contribution in [2.45, 2.75) is 19.0 Å². The Morgan fingerprint density at radius 1 is 1.00 bits per heavy atom. The number of hydrogen-bond acceptors (Lipinski definition) is 6. The maximum absolute atomic E-state index is 10.6. The molecule has 7 nitrogen and oxygen atoms in total. The molecule has 2 N–H and O–H groups in total. The summed E-state index contributed by atoms with van der Waals surface area (Å²) in [5.41, 5.74) is 2.44. The lowest BCUT2D eigenvalue weighted by molar-refractivity contribution is -0.142. The minimum Gasteiger partial charge on any atom is -0.492 e. The Hall–Kier alpha value is -2.77. The Kier molecular flexibility index (Phi) is 7.27. The van der Waals surface area contributed by atoms with Crippen LogP contribution in [0.15, 0.2) is 54.6 Å². The van der Waals surface area contributed by atoms with Gasteiger partial charge in [0.15, 0.2) is 0 Å². The molecular weight excluding hydrogens is 394 g/mol. The number of rotatable bonds is 10. The molecule has 0 radical (unpaired) electrons. The van der Waals surface area contributed by atoms with Gasteiger partial charge in [-0.3, -0.25) is 0 Å². The van der Waals surface area contributed by atoms with Crippen LogP contribution in [0.4, 0.5) is 11.4 Å². The molecule has 31 heavy (non-hydrogen) atoms. The predicted molar refractivity (Wildman–Crippen MR) is 121 cm³/mol. The fourth-order valence-corrected chi connectivity index (χ4v) is 4.49. The van der Waals surface area contributed by atoms with Crippen LogP contribution in [-0.4, -0.2) is 68.1 Å². The number of fused-ring (bicyclic) bond motifs is 1. The van der Waals surface area contributed by atoms with Gasteiger partial charge in [0.25, 0.3) is 0 Å². The van der Waals surface area contributed by atoms with Gasteiger partial charge in [-0.05, 0) is 50.2 Å². The van der Waals surface area contributed by atoms with Crippen LogP contribution in [0.1, 0.15) is 12.8 Å². The number of nitrogens with one attached hydrogen (secondary N) is 1. The maximum Gasteiger partial charge on any atom is 0.329 e. The lowest BCUT2D eigenvalue weighted by Gasteiger charge is -2.38. The number of benzene rings is 2. The quantitative estimate of drug-likeness (QED) is 0.567. The third-order valence-electron chi connectivity index (χ3n) is 6.05. The van der Waals surface area contributed by atoms with Crippen LogP contribution in [-0.2, 0) is 9.53 Å². The van der Waals surface area contributed by atoms with E-state index in [2.05, 4.69) is 39.4 Å². The highest BCUT2D eigenvalue weighted by atomic mass is 16.5. The highest BCUT2D eigenvalue weighted by Gasteiger charge is 2.36. The van der Waals surface area contributed by atoms with Gasteiger partial charge in [-0.2, -0.15) is 0 Å². The zero-order valence-electron chi connectivity index (χ0n) is 17.8. The topological polar surface area (TPSA) is 74.3 Å². The normalized spacial score (nSPS) is 19.1. The molecular formula is C24H31N3O4. The van der Waals surface area contributed by atoms with Crippen molar-refractivity contribution in [1.29, 1.82) is 0 Å². The van der Waals surface area contributed by atoms with E-state index in [1.807, 2.05) is 30.3 Å². The second kappa shape index (κ2) is 10.5. The zero-order chi connectivity index (χ0) is 21.5. The SMILES string of the molecule is O=C(O)COCCN1CCC(C2Nc3ccccc3N2CCOc2ccccc2)CC1. The summed E-state index contributed by atoms with van der Waals surface area (Å²) >= 11 is 0. The van der Waals surface area contributed by atoms with Crippen molar-refractivity contribution in [1.82, 2.24) is 4.90 Å². The van der Waals surface area contributed by atoms with Crippen LogP contribution in [0.3, 0.4) is 0 Å². The molecule has 0 amide bonds. The number of piperidine rings is 1. The fraction of sp³-hybridized carbons (Fsp3) is 0.458. The summed E-state index contributed by atoms with van der Waals surface area (Å²) in [5, 5.41) is 12.4. The van der Waals surface area contributed by atoms with E-state index in [4.69, 9.17) is 14.6 Å². The number of nitrogens with zero attached hydrogens (tertiary/aromatic N) is 2. The molecule has 2 aliphatic rings. The Bertz CT molecular complexity index is 840. The average Bonchev–Trinajstić information content (AvgIpc) is 3.16. The van der Waals surface area contributed by atoms with Gasteiger partial charge in [0.2, 0.25) is 0 Å². The molecule has 0 aliphatic carbocycles. The van der Waals surface area contributed by atoms with Gasteiger partial charge in [-0.25, -0.2) is 4.79 Å². The molecule has 166 valence electrons. The number of ether oxygens (including phenoxy) is 2. The third kappa shape index (κ3) is 5.68. The second-order valence-electron chi connectivity index (χ2n) is 8.09. The summed E-state index contributed by atoms with van der Waals surface area (Å²) in [4.78, 5) is 15.4. The molecule has 1 unspecified atom stereocenters. The summed E-state index contributed by atoms with van der Waals surface area (Å²) in [6.45, 7) is 4.50. The van der Waals surface area contributed by atoms with E-state index < -0.39 is 5.97 Å². The van der Waals surface area contributed by atoms with Crippen LogP contribution in [0.5, 0.6) is 5.75 Å². The second-order valence-corrected chi connectivity index (χ2v) is 8.09. The summed E-state index contributed by atoms with van der Waals surface area (Å²) < 4.78 is 11.2. The van der Waals surface area contributed by atoms with Gasteiger partial charge >= 0.3 is 5.97 Å². The first-order chi connectivity index (χ1) is 15.2. The first kappa shape index (κ1) is 21.5. The van der Waals surface area contributed by atoms with Crippen LogP contribution >= 0.6 is 0 Å². The number of aliphatic carboxylic acids is 1. The van der Waals surface area contributed by atoms with Gasteiger partial charge in [0, 0.05) is 12.5 Å². The fourth-order valence-electron chi connectivity index (χ4n) is 4.49.